The predicted octanol–water partition coefficient (Wildman–Crippen LogP) is 3.88. The van der Waals surface area contributed by atoms with Gasteiger partial charge in [0.2, 0.25) is 0 Å². The van der Waals surface area contributed by atoms with Gasteiger partial charge in [-0.15, -0.1) is 11.3 Å². The molecule has 1 amide bonds. The Morgan fingerprint density at radius 2 is 1.96 bits per heavy atom. The van der Waals surface area contributed by atoms with E-state index >= 15 is 0 Å². The highest BCUT2D eigenvalue weighted by atomic mass is 79.9. The number of amides is 1. The lowest BCUT2D eigenvalue weighted by molar-refractivity contribution is 0.0947. The van der Waals surface area contributed by atoms with E-state index in [1.165, 1.54) is 0 Å². The average molecular weight is 428 g/mol. The Kier molecular flexibility index (Phi) is 4.56. The van der Waals surface area contributed by atoms with Crippen LogP contribution in [0.5, 0.6) is 0 Å². The molecule has 4 nitrogen and oxygen atoms in total. The molecule has 1 N–H and O–H groups in total. The Bertz CT molecular complexity index is 772. The van der Waals surface area contributed by atoms with Crippen molar-refractivity contribution in [2.75, 3.05) is 37.7 Å². The number of morpholine rings is 1. The van der Waals surface area contributed by atoms with Crippen LogP contribution in [0.4, 0.5) is 5.00 Å². The molecule has 0 saturated carbocycles. The normalized spacial score (nSPS) is 20.7. The molecule has 2 aliphatic rings. The van der Waals surface area contributed by atoms with Crippen LogP contribution in [-0.2, 0) is 4.74 Å². The maximum Gasteiger partial charge on any atom is 0.261 e. The molecular weight excluding hydrogens is 412 g/mol. The molecule has 1 aromatic heterocycles. The first-order valence-corrected chi connectivity index (χ1v) is 9.82. The summed E-state index contributed by atoms with van der Waals surface area (Å²) < 4.78 is 6.48. The van der Waals surface area contributed by atoms with Crippen molar-refractivity contribution in [3.63, 3.8) is 0 Å². The maximum atomic E-state index is 12.4. The van der Waals surface area contributed by atoms with Gasteiger partial charge in [0.05, 0.1) is 22.6 Å². The second kappa shape index (κ2) is 6.67. The summed E-state index contributed by atoms with van der Waals surface area (Å²) in [7, 11) is 0. The van der Waals surface area contributed by atoms with Crippen molar-refractivity contribution in [1.82, 2.24) is 5.32 Å². The second-order valence-corrected chi connectivity index (χ2v) is 8.11. The Morgan fingerprint density at radius 1 is 1.25 bits per heavy atom. The van der Waals surface area contributed by atoms with Crippen LogP contribution in [-0.4, -0.2) is 38.8 Å². The van der Waals surface area contributed by atoms with Crippen LogP contribution in [0.25, 0.3) is 0 Å². The molecule has 4 rings (SSSR count). The Labute approximate surface area is 157 Å². The van der Waals surface area contributed by atoms with E-state index in [4.69, 9.17) is 16.3 Å². The molecule has 126 valence electrons. The number of carbonyl (C=O) groups excluding carboxylic acids is 1. The van der Waals surface area contributed by atoms with E-state index < -0.39 is 0 Å². The fraction of sp³-hybridized carbons (Fsp3) is 0.353. The highest BCUT2D eigenvalue weighted by molar-refractivity contribution is 9.10. The molecule has 1 atom stereocenters. The predicted molar refractivity (Wildman–Crippen MR) is 101 cm³/mol. The smallest absolute Gasteiger partial charge is 0.261 e. The first-order valence-electron chi connectivity index (χ1n) is 7.83. The van der Waals surface area contributed by atoms with E-state index in [2.05, 4.69) is 26.1 Å². The van der Waals surface area contributed by atoms with Gasteiger partial charge in [0, 0.05) is 36.1 Å². The number of halogens is 2. The number of nitrogens with one attached hydrogen (secondary N) is 1. The number of fused-ring (bicyclic) bond motifs is 1. The van der Waals surface area contributed by atoms with Crippen LogP contribution < -0.4 is 10.2 Å². The van der Waals surface area contributed by atoms with Crippen LogP contribution in [0, 0.1) is 0 Å². The third kappa shape index (κ3) is 2.86. The molecule has 0 aliphatic carbocycles. The molecule has 2 aromatic rings. The fourth-order valence-electron chi connectivity index (χ4n) is 3.22. The number of ether oxygens (including phenoxy) is 1. The summed E-state index contributed by atoms with van der Waals surface area (Å²) in [6.07, 6.45) is 0. The van der Waals surface area contributed by atoms with E-state index in [-0.39, 0.29) is 11.8 Å². The van der Waals surface area contributed by atoms with Gasteiger partial charge >= 0.3 is 0 Å². The van der Waals surface area contributed by atoms with Crippen LogP contribution >= 0.6 is 38.9 Å². The maximum absolute atomic E-state index is 12.4. The van der Waals surface area contributed by atoms with Gasteiger partial charge in [-0.25, -0.2) is 0 Å². The highest BCUT2D eigenvalue weighted by Gasteiger charge is 2.34. The Morgan fingerprint density at radius 3 is 2.67 bits per heavy atom. The zero-order valence-corrected chi connectivity index (χ0v) is 16.0. The standard InChI is InChI=1S/C17H16BrClN2O2S/c18-14-13-12(10-1-3-11(19)4-2-10)9-20-16(22)15(13)24-17(14)21-5-7-23-8-6-21/h1-4,12H,5-9H2,(H,20,22). The molecule has 1 unspecified atom stereocenters. The van der Waals surface area contributed by atoms with Crippen molar-refractivity contribution >= 4 is 49.8 Å². The summed E-state index contributed by atoms with van der Waals surface area (Å²) >= 11 is 11.4. The van der Waals surface area contributed by atoms with E-state index in [1.807, 2.05) is 24.3 Å². The number of rotatable bonds is 2. The van der Waals surface area contributed by atoms with Crippen molar-refractivity contribution in [1.29, 1.82) is 0 Å². The average Bonchev–Trinajstić information content (AvgIpc) is 2.96. The van der Waals surface area contributed by atoms with Crippen molar-refractivity contribution in [3.05, 3.63) is 49.8 Å². The molecule has 3 heterocycles. The van der Waals surface area contributed by atoms with E-state index in [0.29, 0.717) is 6.54 Å². The van der Waals surface area contributed by atoms with Crippen LogP contribution in [0.1, 0.15) is 26.7 Å². The number of thiophene rings is 1. The van der Waals surface area contributed by atoms with E-state index in [9.17, 15) is 4.79 Å². The third-order valence-electron chi connectivity index (χ3n) is 4.46. The highest BCUT2D eigenvalue weighted by Crippen LogP contribution is 2.47. The summed E-state index contributed by atoms with van der Waals surface area (Å²) in [5.41, 5.74) is 2.25. The van der Waals surface area contributed by atoms with Crippen molar-refractivity contribution in [2.45, 2.75) is 5.92 Å². The first kappa shape index (κ1) is 16.4. The Balaban J connectivity index is 1.77. The molecule has 2 aliphatic heterocycles. The van der Waals surface area contributed by atoms with E-state index in [1.54, 1.807) is 11.3 Å². The molecule has 1 saturated heterocycles. The van der Waals surface area contributed by atoms with Gasteiger partial charge in [0.1, 0.15) is 5.00 Å². The monoisotopic (exact) mass is 426 g/mol. The van der Waals surface area contributed by atoms with Crippen LogP contribution in [0.15, 0.2) is 28.7 Å². The molecule has 1 fully saturated rings. The lowest BCUT2D eigenvalue weighted by Crippen LogP contribution is -2.35. The van der Waals surface area contributed by atoms with Crippen molar-refractivity contribution in [2.24, 2.45) is 0 Å². The Hall–Kier alpha value is -1.08. The molecule has 1 aromatic carbocycles. The van der Waals surface area contributed by atoms with Crippen LogP contribution in [0.2, 0.25) is 5.02 Å². The largest absolute Gasteiger partial charge is 0.378 e. The summed E-state index contributed by atoms with van der Waals surface area (Å²) in [6.45, 7) is 3.76. The molecule has 0 bridgehead atoms. The van der Waals surface area contributed by atoms with Gasteiger partial charge in [-0.2, -0.15) is 0 Å². The fourth-order valence-corrected chi connectivity index (χ4v) is 5.67. The molecule has 24 heavy (non-hydrogen) atoms. The number of hydrogen-bond donors (Lipinski definition) is 1. The quantitative estimate of drug-likeness (QED) is 0.791. The summed E-state index contributed by atoms with van der Waals surface area (Å²) in [4.78, 5) is 15.5. The molecule has 7 heteroatoms. The summed E-state index contributed by atoms with van der Waals surface area (Å²) in [5.74, 6) is 0.149. The first-order chi connectivity index (χ1) is 11.6. The van der Waals surface area contributed by atoms with Gasteiger partial charge in [-0.1, -0.05) is 23.7 Å². The van der Waals surface area contributed by atoms with Crippen molar-refractivity contribution < 1.29 is 9.53 Å². The molecular formula is C17H16BrClN2O2S. The number of benzene rings is 1. The topological polar surface area (TPSA) is 41.6 Å². The van der Waals surface area contributed by atoms with Crippen LogP contribution in [0.3, 0.4) is 0 Å². The summed E-state index contributed by atoms with van der Waals surface area (Å²) in [5, 5.41) is 4.86. The number of hydrogen-bond acceptors (Lipinski definition) is 4. The number of nitrogens with zero attached hydrogens (tertiary/aromatic N) is 1. The molecule has 0 spiro atoms. The minimum atomic E-state index is 0.0143. The minimum Gasteiger partial charge on any atom is -0.378 e. The minimum absolute atomic E-state index is 0.0143. The van der Waals surface area contributed by atoms with E-state index in [0.717, 1.165) is 56.8 Å². The van der Waals surface area contributed by atoms with Gasteiger partial charge in [0.15, 0.2) is 0 Å². The van der Waals surface area contributed by atoms with Crippen molar-refractivity contribution in [3.8, 4) is 0 Å². The van der Waals surface area contributed by atoms with Gasteiger partial charge < -0.3 is 15.0 Å². The molecule has 0 radical (unpaired) electrons. The lowest BCUT2D eigenvalue weighted by Gasteiger charge is -2.28. The SMILES string of the molecule is O=C1NCC(c2ccc(Cl)cc2)c2c1sc(N1CCOCC1)c2Br. The zero-order chi connectivity index (χ0) is 16.7. The number of anilines is 1. The van der Waals surface area contributed by atoms with Gasteiger partial charge in [-0.3, -0.25) is 4.79 Å². The third-order valence-corrected chi connectivity index (χ3v) is 7.04. The second-order valence-electron chi connectivity index (χ2n) is 5.88. The van der Waals surface area contributed by atoms with Gasteiger partial charge in [-0.05, 0) is 33.6 Å². The number of carbonyl (C=O) groups is 1. The summed E-state index contributed by atoms with van der Waals surface area (Å²) in [6, 6.07) is 7.87. The lowest BCUT2D eigenvalue weighted by atomic mass is 9.89. The van der Waals surface area contributed by atoms with Gasteiger partial charge in [0.25, 0.3) is 5.91 Å². The zero-order valence-electron chi connectivity index (χ0n) is 12.9.